The average Bonchev–Trinajstić information content (AvgIpc) is 3.09. The lowest BCUT2D eigenvalue weighted by atomic mass is 10.1. The second-order valence-corrected chi connectivity index (χ2v) is 5.07. The first-order valence-electron chi connectivity index (χ1n) is 6.66. The van der Waals surface area contributed by atoms with Gasteiger partial charge in [-0.05, 0) is 32.3 Å². The highest BCUT2D eigenvalue weighted by molar-refractivity contribution is 5.13. The van der Waals surface area contributed by atoms with Gasteiger partial charge in [-0.2, -0.15) is 0 Å². The summed E-state index contributed by atoms with van der Waals surface area (Å²) >= 11 is 0. The summed E-state index contributed by atoms with van der Waals surface area (Å²) in [6, 6.07) is 10.3. The van der Waals surface area contributed by atoms with Crippen molar-refractivity contribution in [2.24, 2.45) is 0 Å². The number of hydrogen-bond donors (Lipinski definition) is 0. The van der Waals surface area contributed by atoms with Gasteiger partial charge in [0.2, 0.25) is 0 Å². The third-order valence-corrected chi connectivity index (χ3v) is 3.09. The normalized spacial score (nSPS) is 21.7. The van der Waals surface area contributed by atoms with Crippen LogP contribution in [0.4, 0.5) is 0 Å². The van der Waals surface area contributed by atoms with Crippen LogP contribution in [0.25, 0.3) is 0 Å². The Labute approximate surface area is 110 Å². The molecule has 1 aromatic carbocycles. The van der Waals surface area contributed by atoms with Gasteiger partial charge in [-0.3, -0.25) is 0 Å². The van der Waals surface area contributed by atoms with Crippen molar-refractivity contribution in [1.82, 2.24) is 0 Å². The molecule has 1 aliphatic rings. The van der Waals surface area contributed by atoms with Crippen LogP contribution in [0.2, 0.25) is 0 Å². The van der Waals surface area contributed by atoms with Gasteiger partial charge in [-0.25, -0.2) is 0 Å². The zero-order chi connectivity index (χ0) is 12.8. The topological polar surface area (TPSA) is 21.8 Å². The molecule has 1 heterocycles. The fourth-order valence-corrected chi connectivity index (χ4v) is 1.98. The summed E-state index contributed by atoms with van der Waals surface area (Å²) in [6.45, 7) is 5.66. The second-order valence-electron chi connectivity index (χ2n) is 5.07. The number of epoxide rings is 1. The van der Waals surface area contributed by atoms with Crippen LogP contribution in [0.5, 0.6) is 0 Å². The Hall–Kier alpha value is -1.12. The zero-order valence-electron chi connectivity index (χ0n) is 11.3. The maximum absolute atomic E-state index is 5.66. The molecular formula is C16H22O2. The first kappa shape index (κ1) is 13.3. The van der Waals surface area contributed by atoms with Gasteiger partial charge < -0.3 is 9.47 Å². The molecule has 2 rings (SSSR count). The molecule has 2 nitrogen and oxygen atoms in total. The van der Waals surface area contributed by atoms with Crippen LogP contribution in [0, 0.1) is 0 Å². The number of rotatable bonds is 7. The summed E-state index contributed by atoms with van der Waals surface area (Å²) in [5.41, 5.74) is 2.60. The minimum Gasteiger partial charge on any atom is -0.374 e. The fourth-order valence-electron chi connectivity index (χ4n) is 1.98. The van der Waals surface area contributed by atoms with E-state index < -0.39 is 0 Å². The Kier molecular flexibility index (Phi) is 4.97. The van der Waals surface area contributed by atoms with Crippen LogP contribution < -0.4 is 0 Å². The SMILES string of the molecule is CC(C)=CCC[C@H]1O[C@H]1COCc1ccccc1. The molecule has 2 heteroatoms. The maximum atomic E-state index is 5.66. The number of hydrogen-bond acceptors (Lipinski definition) is 2. The molecule has 0 amide bonds. The van der Waals surface area contributed by atoms with Gasteiger partial charge in [0.1, 0.15) is 6.10 Å². The van der Waals surface area contributed by atoms with E-state index in [0.717, 1.165) is 12.8 Å². The molecule has 1 fully saturated rings. The molecule has 0 spiro atoms. The lowest BCUT2D eigenvalue weighted by molar-refractivity contribution is 0.104. The smallest absolute Gasteiger partial charge is 0.107 e. The number of benzene rings is 1. The third-order valence-electron chi connectivity index (χ3n) is 3.09. The molecule has 0 aromatic heterocycles. The first-order chi connectivity index (χ1) is 8.75. The summed E-state index contributed by atoms with van der Waals surface area (Å²) in [4.78, 5) is 0. The molecule has 2 atom stereocenters. The van der Waals surface area contributed by atoms with Crippen LogP contribution in [0.1, 0.15) is 32.3 Å². The standard InChI is InChI=1S/C16H22O2/c1-13(2)7-6-10-15-16(18-15)12-17-11-14-8-4-3-5-9-14/h3-5,7-9,15-16H,6,10-12H2,1-2H3/t15-,16+/m1/s1. The molecule has 1 aliphatic heterocycles. The van der Waals surface area contributed by atoms with Gasteiger partial charge >= 0.3 is 0 Å². The molecule has 0 bridgehead atoms. The van der Waals surface area contributed by atoms with Crippen molar-refractivity contribution in [3.63, 3.8) is 0 Å². The minimum absolute atomic E-state index is 0.319. The largest absolute Gasteiger partial charge is 0.374 e. The minimum atomic E-state index is 0.319. The van der Waals surface area contributed by atoms with Gasteiger partial charge in [0.15, 0.2) is 0 Å². The van der Waals surface area contributed by atoms with Crippen molar-refractivity contribution < 1.29 is 9.47 Å². The number of ether oxygens (including phenoxy) is 2. The summed E-state index contributed by atoms with van der Waals surface area (Å²) in [6.07, 6.45) is 5.23. The lowest BCUT2D eigenvalue weighted by Gasteiger charge is -2.01. The Morgan fingerprint density at radius 2 is 2.00 bits per heavy atom. The van der Waals surface area contributed by atoms with E-state index in [1.807, 2.05) is 18.2 Å². The van der Waals surface area contributed by atoms with Crippen molar-refractivity contribution in [3.05, 3.63) is 47.5 Å². The lowest BCUT2D eigenvalue weighted by Crippen LogP contribution is -2.04. The summed E-state index contributed by atoms with van der Waals surface area (Å²) in [5, 5.41) is 0. The maximum Gasteiger partial charge on any atom is 0.107 e. The molecule has 0 unspecified atom stereocenters. The van der Waals surface area contributed by atoms with Crippen molar-refractivity contribution in [1.29, 1.82) is 0 Å². The predicted molar refractivity (Wildman–Crippen MR) is 73.4 cm³/mol. The van der Waals surface area contributed by atoms with E-state index in [1.165, 1.54) is 11.1 Å². The Morgan fingerprint density at radius 3 is 2.72 bits per heavy atom. The molecule has 0 N–H and O–H groups in total. The van der Waals surface area contributed by atoms with Crippen LogP contribution in [0.3, 0.4) is 0 Å². The first-order valence-corrected chi connectivity index (χ1v) is 6.66. The van der Waals surface area contributed by atoms with E-state index in [9.17, 15) is 0 Å². The molecule has 18 heavy (non-hydrogen) atoms. The molecule has 1 saturated heterocycles. The van der Waals surface area contributed by atoms with E-state index in [2.05, 4.69) is 32.1 Å². The van der Waals surface area contributed by atoms with Gasteiger partial charge in [0, 0.05) is 0 Å². The van der Waals surface area contributed by atoms with Gasteiger partial charge in [-0.15, -0.1) is 0 Å². The molecular weight excluding hydrogens is 224 g/mol. The van der Waals surface area contributed by atoms with Crippen LogP contribution in [0.15, 0.2) is 42.0 Å². The summed E-state index contributed by atoms with van der Waals surface area (Å²) < 4.78 is 11.2. The van der Waals surface area contributed by atoms with E-state index in [-0.39, 0.29) is 0 Å². The monoisotopic (exact) mass is 246 g/mol. The highest BCUT2D eigenvalue weighted by Crippen LogP contribution is 2.27. The summed E-state index contributed by atoms with van der Waals surface area (Å²) in [5.74, 6) is 0. The zero-order valence-corrected chi connectivity index (χ0v) is 11.3. The van der Waals surface area contributed by atoms with Crippen molar-refractivity contribution in [3.8, 4) is 0 Å². The number of allylic oxidation sites excluding steroid dienone is 2. The fraction of sp³-hybridized carbons (Fsp3) is 0.500. The van der Waals surface area contributed by atoms with Gasteiger partial charge in [-0.1, -0.05) is 42.0 Å². The van der Waals surface area contributed by atoms with E-state index in [0.29, 0.717) is 25.4 Å². The van der Waals surface area contributed by atoms with Crippen molar-refractivity contribution >= 4 is 0 Å². The highest BCUT2D eigenvalue weighted by atomic mass is 16.6. The highest BCUT2D eigenvalue weighted by Gasteiger charge is 2.37. The quantitative estimate of drug-likeness (QED) is 0.540. The predicted octanol–water partition coefficient (Wildman–Crippen LogP) is 3.72. The van der Waals surface area contributed by atoms with Crippen LogP contribution in [-0.2, 0) is 16.1 Å². The second kappa shape index (κ2) is 6.72. The molecule has 0 aliphatic carbocycles. The van der Waals surface area contributed by atoms with Crippen LogP contribution in [-0.4, -0.2) is 18.8 Å². The van der Waals surface area contributed by atoms with Gasteiger partial charge in [0.05, 0.1) is 19.3 Å². The molecule has 98 valence electrons. The van der Waals surface area contributed by atoms with Crippen molar-refractivity contribution in [2.45, 2.75) is 45.5 Å². The molecule has 0 radical (unpaired) electrons. The molecule has 1 aromatic rings. The van der Waals surface area contributed by atoms with E-state index >= 15 is 0 Å². The average molecular weight is 246 g/mol. The van der Waals surface area contributed by atoms with E-state index in [1.54, 1.807) is 0 Å². The van der Waals surface area contributed by atoms with E-state index in [4.69, 9.17) is 9.47 Å². The van der Waals surface area contributed by atoms with Crippen molar-refractivity contribution in [2.75, 3.05) is 6.61 Å². The van der Waals surface area contributed by atoms with Gasteiger partial charge in [0.25, 0.3) is 0 Å². The molecule has 0 saturated carbocycles. The Morgan fingerprint density at radius 1 is 1.22 bits per heavy atom. The Bertz CT molecular complexity index is 379. The third kappa shape index (κ3) is 4.63. The van der Waals surface area contributed by atoms with Crippen LogP contribution >= 0.6 is 0 Å². The summed E-state index contributed by atoms with van der Waals surface area (Å²) in [7, 11) is 0. The Balaban J connectivity index is 1.56.